The van der Waals surface area contributed by atoms with E-state index < -0.39 is 46.7 Å². The standard InChI is InChI=1S/C23H33N3O10S/c1-23(2,3)12-11-18(34-21(28)19-16(32-4)7-6-8-17(19)33-5)35-37(30,31)36-26-14-9-10-15(20(24)27)25(13-14)22(26)29/h6-8,14-15,18H,9-13H2,1-5H3,(H2,24,27)/t14-,15+,18?/m1/s1. The molecular weight excluding hydrogens is 510 g/mol. The van der Waals surface area contributed by atoms with Gasteiger partial charge >= 0.3 is 22.4 Å². The number of hydroxylamine groups is 2. The topological polar surface area (TPSA) is 164 Å². The van der Waals surface area contributed by atoms with Crippen molar-refractivity contribution in [3.63, 3.8) is 0 Å². The Morgan fingerprint density at radius 3 is 2.30 bits per heavy atom. The SMILES string of the molecule is COc1cccc(OC)c1C(=O)OC(CCC(C)(C)C)OS(=O)(=O)ON1C(=O)N2C[C@H]1CC[C@H]2C(N)=O. The van der Waals surface area contributed by atoms with E-state index in [-0.39, 0.29) is 41.9 Å². The number of benzene rings is 1. The molecule has 1 unspecified atom stereocenters. The van der Waals surface area contributed by atoms with E-state index in [0.29, 0.717) is 17.9 Å². The zero-order valence-corrected chi connectivity index (χ0v) is 22.3. The molecule has 37 heavy (non-hydrogen) atoms. The maximum atomic E-state index is 13.1. The number of urea groups is 1. The highest BCUT2D eigenvalue weighted by molar-refractivity contribution is 7.81. The maximum Gasteiger partial charge on any atom is 0.424 e. The summed E-state index contributed by atoms with van der Waals surface area (Å²) in [5.41, 5.74) is 5.05. The monoisotopic (exact) mass is 543 g/mol. The van der Waals surface area contributed by atoms with Crippen LogP contribution in [0.4, 0.5) is 4.79 Å². The van der Waals surface area contributed by atoms with Crippen LogP contribution in [-0.2, 0) is 28.4 Å². The Labute approximate surface area is 216 Å². The second-order valence-electron chi connectivity index (χ2n) is 9.96. The number of esters is 1. The van der Waals surface area contributed by atoms with Crippen LogP contribution in [0.5, 0.6) is 11.5 Å². The summed E-state index contributed by atoms with van der Waals surface area (Å²) in [6.07, 6.45) is -0.576. The Morgan fingerprint density at radius 2 is 1.76 bits per heavy atom. The molecule has 206 valence electrons. The molecule has 0 radical (unpaired) electrons. The van der Waals surface area contributed by atoms with E-state index in [1.165, 1.54) is 26.4 Å². The van der Waals surface area contributed by atoms with Crippen LogP contribution >= 0.6 is 0 Å². The highest BCUT2D eigenvalue weighted by Gasteiger charge is 2.49. The molecule has 0 saturated carbocycles. The number of nitrogens with two attached hydrogens (primary N) is 1. The number of hydrogen-bond donors (Lipinski definition) is 1. The van der Waals surface area contributed by atoms with Crippen molar-refractivity contribution in [1.82, 2.24) is 9.96 Å². The van der Waals surface area contributed by atoms with Crippen LogP contribution < -0.4 is 15.2 Å². The van der Waals surface area contributed by atoms with Gasteiger partial charge < -0.3 is 24.8 Å². The minimum absolute atomic E-state index is 0.00252. The Balaban J connectivity index is 1.79. The molecule has 2 saturated heterocycles. The van der Waals surface area contributed by atoms with E-state index in [1.54, 1.807) is 6.07 Å². The van der Waals surface area contributed by atoms with Gasteiger partial charge in [-0.25, -0.2) is 13.8 Å². The highest BCUT2D eigenvalue weighted by Crippen LogP contribution is 2.33. The lowest BCUT2D eigenvalue weighted by Crippen LogP contribution is -2.47. The first-order chi connectivity index (χ1) is 17.3. The van der Waals surface area contributed by atoms with E-state index in [1.807, 2.05) is 20.8 Å². The van der Waals surface area contributed by atoms with Gasteiger partial charge in [0.25, 0.3) is 0 Å². The number of rotatable bonds is 11. The van der Waals surface area contributed by atoms with E-state index in [9.17, 15) is 22.8 Å². The summed E-state index contributed by atoms with van der Waals surface area (Å²) in [5.74, 6) is -1.31. The first-order valence-electron chi connectivity index (χ1n) is 11.7. The Kier molecular flexibility index (Phi) is 8.55. The summed E-state index contributed by atoms with van der Waals surface area (Å²) >= 11 is 0. The van der Waals surface area contributed by atoms with Gasteiger partial charge in [-0.2, -0.15) is 13.5 Å². The Hall–Kier alpha value is -3.10. The summed E-state index contributed by atoms with van der Waals surface area (Å²) in [7, 11) is -2.16. The van der Waals surface area contributed by atoms with Gasteiger partial charge in [-0.15, -0.1) is 4.28 Å². The van der Waals surface area contributed by atoms with Crippen molar-refractivity contribution < 1.29 is 45.5 Å². The maximum absolute atomic E-state index is 13.1. The molecule has 1 aromatic carbocycles. The fourth-order valence-electron chi connectivity index (χ4n) is 4.18. The number of piperidine rings is 1. The van der Waals surface area contributed by atoms with Crippen molar-refractivity contribution >= 4 is 28.3 Å². The van der Waals surface area contributed by atoms with E-state index in [4.69, 9.17) is 28.4 Å². The summed E-state index contributed by atoms with van der Waals surface area (Å²) < 4.78 is 51.7. The van der Waals surface area contributed by atoms with Crippen molar-refractivity contribution in [3.8, 4) is 11.5 Å². The highest BCUT2D eigenvalue weighted by atomic mass is 32.3. The second-order valence-corrected chi connectivity index (χ2v) is 11.1. The largest absolute Gasteiger partial charge is 0.496 e. The molecule has 2 aliphatic heterocycles. The lowest BCUT2D eigenvalue weighted by molar-refractivity contribution is -0.122. The molecule has 14 heteroatoms. The fraction of sp³-hybridized carbons (Fsp3) is 0.609. The van der Waals surface area contributed by atoms with E-state index >= 15 is 0 Å². The number of ether oxygens (including phenoxy) is 3. The molecule has 2 N–H and O–H groups in total. The van der Waals surface area contributed by atoms with Crippen LogP contribution in [0.25, 0.3) is 0 Å². The molecule has 0 aromatic heterocycles. The fourth-order valence-corrected chi connectivity index (χ4v) is 5.00. The second kappa shape index (κ2) is 11.1. The molecule has 2 bridgehead atoms. The average Bonchev–Trinajstić information content (AvgIpc) is 3.04. The third-order valence-corrected chi connectivity index (χ3v) is 6.84. The molecule has 13 nitrogen and oxygen atoms in total. The number of hydrogen-bond acceptors (Lipinski definition) is 10. The minimum Gasteiger partial charge on any atom is -0.496 e. The smallest absolute Gasteiger partial charge is 0.424 e. The van der Waals surface area contributed by atoms with Gasteiger partial charge in [0.15, 0.2) is 0 Å². The predicted molar refractivity (Wildman–Crippen MR) is 128 cm³/mol. The van der Waals surface area contributed by atoms with Crippen LogP contribution in [0.3, 0.4) is 0 Å². The molecule has 0 spiro atoms. The number of fused-ring (bicyclic) bond motifs is 2. The molecule has 2 fully saturated rings. The summed E-state index contributed by atoms with van der Waals surface area (Å²) in [6, 6.07) is 2.38. The van der Waals surface area contributed by atoms with Crippen LogP contribution in [0.15, 0.2) is 18.2 Å². The molecule has 2 aliphatic rings. The van der Waals surface area contributed by atoms with Crippen LogP contribution in [0, 0.1) is 5.41 Å². The molecule has 3 amide bonds. The number of carbonyl (C=O) groups excluding carboxylic acids is 3. The molecular formula is C23H33N3O10S. The van der Waals surface area contributed by atoms with Crippen molar-refractivity contribution in [3.05, 3.63) is 23.8 Å². The minimum atomic E-state index is -4.88. The van der Waals surface area contributed by atoms with Gasteiger partial charge in [0.1, 0.15) is 23.1 Å². The molecule has 3 rings (SSSR count). The van der Waals surface area contributed by atoms with Crippen molar-refractivity contribution in [2.24, 2.45) is 11.1 Å². The lowest BCUT2D eigenvalue weighted by atomic mass is 9.90. The summed E-state index contributed by atoms with van der Waals surface area (Å²) in [6.45, 7) is 5.85. The number of amides is 3. The first kappa shape index (κ1) is 28.5. The molecule has 0 aliphatic carbocycles. The number of methoxy groups -OCH3 is 2. The van der Waals surface area contributed by atoms with Crippen LogP contribution in [-0.4, -0.2) is 75.4 Å². The van der Waals surface area contributed by atoms with Gasteiger partial charge in [0.05, 0.1) is 20.3 Å². The van der Waals surface area contributed by atoms with Gasteiger partial charge in [-0.1, -0.05) is 26.8 Å². The van der Waals surface area contributed by atoms with Gasteiger partial charge in [0.2, 0.25) is 12.2 Å². The first-order valence-corrected chi connectivity index (χ1v) is 13.0. The average molecular weight is 544 g/mol. The third kappa shape index (κ3) is 6.81. The van der Waals surface area contributed by atoms with Crippen molar-refractivity contribution in [2.75, 3.05) is 20.8 Å². The van der Waals surface area contributed by atoms with Crippen molar-refractivity contribution in [1.29, 1.82) is 0 Å². The van der Waals surface area contributed by atoms with Gasteiger partial charge in [-0.05, 0) is 36.8 Å². The van der Waals surface area contributed by atoms with Crippen LogP contribution in [0.1, 0.15) is 56.8 Å². The number of nitrogens with zero attached hydrogens (tertiary/aromatic N) is 2. The zero-order valence-electron chi connectivity index (χ0n) is 21.5. The third-order valence-electron chi connectivity index (χ3n) is 6.05. The zero-order chi connectivity index (χ0) is 27.5. The van der Waals surface area contributed by atoms with E-state index in [0.717, 1.165) is 4.90 Å². The molecule has 1 aromatic rings. The van der Waals surface area contributed by atoms with Gasteiger partial charge in [0, 0.05) is 13.0 Å². The Morgan fingerprint density at radius 1 is 1.14 bits per heavy atom. The van der Waals surface area contributed by atoms with Crippen LogP contribution in [0.2, 0.25) is 0 Å². The normalized spacial score (nSPS) is 20.5. The predicted octanol–water partition coefficient (Wildman–Crippen LogP) is 1.96. The molecule has 2 heterocycles. The quantitative estimate of drug-likeness (QED) is 0.322. The van der Waals surface area contributed by atoms with Crippen molar-refractivity contribution in [2.45, 2.75) is 64.8 Å². The van der Waals surface area contributed by atoms with E-state index in [2.05, 4.69) is 0 Å². The number of carbonyl (C=O) groups is 3. The summed E-state index contributed by atoms with van der Waals surface area (Å²) in [5, 5.41) is 0.657. The number of primary amides is 1. The van der Waals surface area contributed by atoms with Gasteiger partial charge in [-0.3, -0.25) is 4.79 Å². The Bertz CT molecular complexity index is 1110. The lowest BCUT2D eigenvalue weighted by Gasteiger charge is -2.27. The molecule has 3 atom stereocenters. The summed E-state index contributed by atoms with van der Waals surface area (Å²) in [4.78, 5) is 38.6.